The molecule has 0 bridgehead atoms. The minimum atomic E-state index is -0.183. The van der Waals surface area contributed by atoms with Gasteiger partial charge in [0.15, 0.2) is 5.82 Å². The summed E-state index contributed by atoms with van der Waals surface area (Å²) in [6.45, 7) is 6.70. The topological polar surface area (TPSA) is 94.1 Å². The Labute approximate surface area is 190 Å². The van der Waals surface area contributed by atoms with E-state index < -0.39 is 0 Å². The van der Waals surface area contributed by atoms with Gasteiger partial charge >= 0.3 is 0 Å². The Bertz CT molecular complexity index is 1420. The monoisotopic (exact) mass is 443 g/mol. The van der Waals surface area contributed by atoms with E-state index in [1.807, 2.05) is 57.2 Å². The number of hydrogen-bond donors (Lipinski definition) is 0. The summed E-state index contributed by atoms with van der Waals surface area (Å²) in [6.07, 6.45) is 0.916. The molecule has 1 saturated heterocycles. The molecule has 0 radical (unpaired) electrons. The van der Waals surface area contributed by atoms with Crippen molar-refractivity contribution in [1.82, 2.24) is 19.7 Å². The molecule has 0 aliphatic carbocycles. The van der Waals surface area contributed by atoms with Crippen LogP contribution < -0.4 is 10.5 Å². The van der Waals surface area contributed by atoms with Gasteiger partial charge in [0.1, 0.15) is 5.82 Å². The molecular weight excluding hydrogens is 418 g/mol. The van der Waals surface area contributed by atoms with Crippen molar-refractivity contribution in [1.29, 1.82) is 0 Å². The number of fused-ring (bicyclic) bond motifs is 1. The van der Waals surface area contributed by atoms with E-state index in [9.17, 15) is 9.59 Å². The average Bonchev–Trinajstić information content (AvgIpc) is 3.44. The van der Waals surface area contributed by atoms with Crippen molar-refractivity contribution < 1.29 is 9.32 Å². The van der Waals surface area contributed by atoms with Gasteiger partial charge in [-0.2, -0.15) is 4.98 Å². The Morgan fingerprint density at radius 3 is 2.67 bits per heavy atom. The Kier molecular flexibility index (Phi) is 5.28. The maximum absolute atomic E-state index is 13.1. The number of aryl methyl sites for hydroxylation is 3. The Morgan fingerprint density at radius 2 is 1.88 bits per heavy atom. The number of carbonyl (C=O) groups excluding carboxylic acids is 1. The largest absolute Gasteiger partial charge is 0.339 e. The SMILES string of the molecule is CCc1nc2ccccc2c(=O)n1Cc1noc([C@@H]2CC(=O)N(c3ccc(C)c(C)c3)C2)n1. The van der Waals surface area contributed by atoms with Crippen molar-refractivity contribution in [2.24, 2.45) is 0 Å². The van der Waals surface area contributed by atoms with E-state index in [2.05, 4.69) is 15.1 Å². The number of benzene rings is 2. The van der Waals surface area contributed by atoms with E-state index in [0.717, 1.165) is 11.3 Å². The molecule has 8 heteroatoms. The van der Waals surface area contributed by atoms with Crippen molar-refractivity contribution in [2.75, 3.05) is 11.4 Å². The van der Waals surface area contributed by atoms with Crippen LogP contribution in [0.5, 0.6) is 0 Å². The fraction of sp³-hybridized carbons (Fsp3) is 0.320. The van der Waals surface area contributed by atoms with E-state index in [0.29, 0.717) is 47.8 Å². The zero-order valence-corrected chi connectivity index (χ0v) is 18.9. The number of carbonyl (C=O) groups is 1. The standard InChI is InChI=1S/C25H25N5O3/c1-4-22-26-20-8-6-5-7-19(20)25(32)30(22)14-21-27-24(33-28-21)17-12-23(31)29(13-17)18-10-9-15(2)16(3)11-18/h5-11,17H,4,12-14H2,1-3H3/t17-/m1/s1. The summed E-state index contributed by atoms with van der Waals surface area (Å²) >= 11 is 0. The Balaban J connectivity index is 1.39. The Hall–Kier alpha value is -3.81. The van der Waals surface area contributed by atoms with Gasteiger partial charge in [-0.05, 0) is 49.2 Å². The smallest absolute Gasteiger partial charge is 0.261 e. The highest BCUT2D eigenvalue weighted by molar-refractivity contribution is 5.96. The highest BCUT2D eigenvalue weighted by atomic mass is 16.5. The molecule has 0 spiro atoms. The van der Waals surface area contributed by atoms with Crippen molar-refractivity contribution in [2.45, 2.75) is 46.1 Å². The molecule has 33 heavy (non-hydrogen) atoms. The van der Waals surface area contributed by atoms with E-state index in [1.165, 1.54) is 5.56 Å². The van der Waals surface area contributed by atoms with E-state index in [-0.39, 0.29) is 23.9 Å². The van der Waals surface area contributed by atoms with Crippen LogP contribution in [0.15, 0.2) is 51.8 Å². The number of aromatic nitrogens is 4. The third-order valence-corrected chi connectivity index (χ3v) is 6.32. The van der Waals surface area contributed by atoms with Gasteiger partial charge < -0.3 is 9.42 Å². The molecule has 0 unspecified atom stereocenters. The molecule has 0 N–H and O–H groups in total. The van der Waals surface area contributed by atoms with Crippen LogP contribution in [0, 0.1) is 13.8 Å². The fourth-order valence-corrected chi connectivity index (χ4v) is 4.30. The van der Waals surface area contributed by atoms with Crippen LogP contribution in [-0.4, -0.2) is 32.1 Å². The number of anilines is 1. The lowest BCUT2D eigenvalue weighted by Gasteiger charge is -2.17. The van der Waals surface area contributed by atoms with Crippen LogP contribution in [0.25, 0.3) is 10.9 Å². The van der Waals surface area contributed by atoms with Gasteiger partial charge in [0, 0.05) is 25.1 Å². The van der Waals surface area contributed by atoms with Gasteiger partial charge in [0.05, 0.1) is 23.4 Å². The van der Waals surface area contributed by atoms with Crippen molar-refractivity contribution in [3.8, 4) is 0 Å². The number of nitrogens with zero attached hydrogens (tertiary/aromatic N) is 5. The first-order chi connectivity index (χ1) is 15.9. The summed E-state index contributed by atoms with van der Waals surface area (Å²) in [5.41, 5.74) is 3.77. The maximum Gasteiger partial charge on any atom is 0.261 e. The molecule has 1 atom stereocenters. The van der Waals surface area contributed by atoms with Gasteiger partial charge in [-0.25, -0.2) is 4.98 Å². The lowest BCUT2D eigenvalue weighted by molar-refractivity contribution is -0.117. The highest BCUT2D eigenvalue weighted by Crippen LogP contribution is 2.32. The Morgan fingerprint density at radius 1 is 1.06 bits per heavy atom. The third kappa shape index (κ3) is 3.82. The second kappa shape index (κ2) is 8.27. The average molecular weight is 444 g/mol. The molecule has 8 nitrogen and oxygen atoms in total. The van der Waals surface area contributed by atoms with Crippen LogP contribution in [0.3, 0.4) is 0 Å². The predicted molar refractivity (Wildman–Crippen MR) is 124 cm³/mol. The number of rotatable bonds is 5. The molecule has 0 saturated carbocycles. The second-order valence-electron chi connectivity index (χ2n) is 8.51. The van der Waals surface area contributed by atoms with Crippen LogP contribution in [0.2, 0.25) is 0 Å². The molecule has 1 amide bonds. The lowest BCUT2D eigenvalue weighted by Crippen LogP contribution is -2.26. The zero-order valence-electron chi connectivity index (χ0n) is 18.9. The van der Waals surface area contributed by atoms with Crippen molar-refractivity contribution in [3.05, 3.63) is 81.5 Å². The summed E-state index contributed by atoms with van der Waals surface area (Å²) < 4.78 is 7.12. The molecule has 1 fully saturated rings. The molecular formula is C25H25N5O3. The van der Waals surface area contributed by atoms with Crippen LogP contribution in [-0.2, 0) is 17.8 Å². The third-order valence-electron chi connectivity index (χ3n) is 6.32. The molecule has 1 aliphatic rings. The lowest BCUT2D eigenvalue weighted by atomic mass is 10.1. The molecule has 168 valence electrons. The van der Waals surface area contributed by atoms with Gasteiger partial charge in [-0.3, -0.25) is 14.2 Å². The van der Waals surface area contributed by atoms with Gasteiger partial charge in [-0.1, -0.05) is 30.3 Å². The quantitative estimate of drug-likeness (QED) is 0.468. The van der Waals surface area contributed by atoms with E-state index in [4.69, 9.17) is 4.52 Å². The number of hydrogen-bond acceptors (Lipinski definition) is 6. The number of amides is 1. The van der Waals surface area contributed by atoms with Crippen molar-refractivity contribution in [3.63, 3.8) is 0 Å². The molecule has 3 heterocycles. The summed E-state index contributed by atoms with van der Waals surface area (Å²) in [5, 5.41) is 4.66. The number of para-hydroxylation sites is 1. The van der Waals surface area contributed by atoms with Crippen LogP contribution >= 0.6 is 0 Å². The summed E-state index contributed by atoms with van der Waals surface area (Å²) in [5.74, 6) is 1.34. The molecule has 2 aromatic carbocycles. The van der Waals surface area contributed by atoms with E-state index >= 15 is 0 Å². The molecule has 4 aromatic rings. The highest BCUT2D eigenvalue weighted by Gasteiger charge is 2.35. The molecule has 2 aromatic heterocycles. The summed E-state index contributed by atoms with van der Waals surface area (Å²) in [7, 11) is 0. The predicted octanol–water partition coefficient (Wildman–Crippen LogP) is 3.53. The first-order valence-electron chi connectivity index (χ1n) is 11.1. The normalized spacial score (nSPS) is 16.2. The summed E-state index contributed by atoms with van der Waals surface area (Å²) in [4.78, 5) is 36.7. The molecule has 5 rings (SSSR count). The van der Waals surface area contributed by atoms with Gasteiger partial charge in [0.2, 0.25) is 11.8 Å². The minimum Gasteiger partial charge on any atom is -0.339 e. The zero-order chi connectivity index (χ0) is 23.1. The van der Waals surface area contributed by atoms with Gasteiger partial charge in [-0.15, -0.1) is 0 Å². The van der Waals surface area contributed by atoms with E-state index in [1.54, 1.807) is 15.5 Å². The first-order valence-corrected chi connectivity index (χ1v) is 11.1. The molecule has 1 aliphatic heterocycles. The second-order valence-corrected chi connectivity index (χ2v) is 8.51. The van der Waals surface area contributed by atoms with Crippen LogP contribution in [0.4, 0.5) is 5.69 Å². The first kappa shape index (κ1) is 21.1. The fourth-order valence-electron chi connectivity index (χ4n) is 4.30. The van der Waals surface area contributed by atoms with Crippen molar-refractivity contribution >= 4 is 22.5 Å². The van der Waals surface area contributed by atoms with Gasteiger partial charge in [0.25, 0.3) is 5.56 Å². The maximum atomic E-state index is 13.1. The van der Waals surface area contributed by atoms with Crippen LogP contribution in [0.1, 0.15) is 47.9 Å². The summed E-state index contributed by atoms with van der Waals surface area (Å²) in [6, 6.07) is 13.3. The minimum absolute atomic E-state index is 0.0335.